The van der Waals surface area contributed by atoms with Crippen molar-refractivity contribution in [3.05, 3.63) is 58.0 Å². The van der Waals surface area contributed by atoms with E-state index in [4.69, 9.17) is 0 Å². The molecule has 228 valence electrons. The highest BCUT2D eigenvalue weighted by molar-refractivity contribution is 7.14. The Hall–Kier alpha value is -1.45. The van der Waals surface area contributed by atoms with E-state index in [0.717, 1.165) is 18.4 Å². The number of hydrogen-bond acceptors (Lipinski definition) is 2. The monoisotopic (exact) mass is 596 g/mol. The van der Waals surface area contributed by atoms with Crippen LogP contribution in [0.5, 0.6) is 0 Å². The van der Waals surface area contributed by atoms with Crippen LogP contribution in [-0.2, 0) is 12.8 Å². The van der Waals surface area contributed by atoms with Crippen LogP contribution in [0.3, 0.4) is 0 Å². The van der Waals surface area contributed by atoms with Crippen molar-refractivity contribution in [2.45, 2.75) is 155 Å². The molecule has 0 spiro atoms. The maximum absolute atomic E-state index is 14.4. The largest absolute Gasteiger partial charge is 0.207 e. The van der Waals surface area contributed by atoms with Crippen LogP contribution in [-0.4, -0.2) is 0 Å². The first-order valence-electron chi connectivity index (χ1n) is 17.2. The molecule has 0 aliphatic heterocycles. The lowest BCUT2D eigenvalue weighted by molar-refractivity contribution is 0.556. The molecule has 2 aromatic heterocycles. The second-order valence-corrected chi connectivity index (χ2v) is 14.0. The zero-order chi connectivity index (χ0) is 29.0. The molecule has 3 rings (SSSR count). The Balaban J connectivity index is 1.41. The highest BCUT2D eigenvalue weighted by Crippen LogP contribution is 2.39. The lowest BCUT2D eigenvalue weighted by Crippen LogP contribution is -1.86. The van der Waals surface area contributed by atoms with Crippen LogP contribution in [0.4, 0.5) is 4.39 Å². The van der Waals surface area contributed by atoms with E-state index in [1.165, 1.54) is 155 Å². The average Bonchev–Trinajstić information content (AvgIpc) is 3.65. The van der Waals surface area contributed by atoms with Gasteiger partial charge in [-0.15, -0.1) is 22.7 Å². The molecule has 0 saturated carbocycles. The predicted molar refractivity (Wildman–Crippen MR) is 184 cm³/mol. The minimum absolute atomic E-state index is 0.143. The van der Waals surface area contributed by atoms with E-state index in [0.29, 0.717) is 0 Å². The van der Waals surface area contributed by atoms with E-state index in [1.54, 1.807) is 23.5 Å². The fraction of sp³-hybridized carbons (Fsp3) is 0.632. The van der Waals surface area contributed by atoms with E-state index < -0.39 is 0 Å². The Bertz CT molecular complexity index is 1060. The molecular formula is C38H57FS2. The van der Waals surface area contributed by atoms with Gasteiger partial charge < -0.3 is 0 Å². The Labute approximate surface area is 260 Å². The van der Waals surface area contributed by atoms with Crippen LogP contribution in [0.1, 0.15) is 153 Å². The van der Waals surface area contributed by atoms with Crippen LogP contribution in [0.2, 0.25) is 0 Å². The number of rotatable bonds is 24. The van der Waals surface area contributed by atoms with Gasteiger partial charge in [0.05, 0.1) is 0 Å². The lowest BCUT2D eigenvalue weighted by atomic mass is 10.0. The molecule has 0 aliphatic rings. The molecule has 0 N–H and O–H groups in total. The van der Waals surface area contributed by atoms with Crippen LogP contribution < -0.4 is 0 Å². The van der Waals surface area contributed by atoms with Gasteiger partial charge in [0, 0.05) is 20.9 Å². The number of benzene rings is 1. The number of halogens is 1. The summed E-state index contributed by atoms with van der Waals surface area (Å²) in [5, 5.41) is 4.62. The Morgan fingerprint density at radius 1 is 0.463 bits per heavy atom. The summed E-state index contributed by atoms with van der Waals surface area (Å²) in [4.78, 5) is 2.47. The molecule has 0 bridgehead atoms. The zero-order valence-electron chi connectivity index (χ0n) is 26.3. The third-order valence-electron chi connectivity index (χ3n) is 8.46. The third-order valence-corrected chi connectivity index (χ3v) is 10.5. The summed E-state index contributed by atoms with van der Waals surface area (Å²) in [6.07, 6.45) is 29.7. The molecule has 0 radical (unpaired) electrons. The second kappa shape index (κ2) is 21.3. The first kappa shape index (κ1) is 34.0. The van der Waals surface area contributed by atoms with Crippen LogP contribution in [0.15, 0.2) is 41.1 Å². The summed E-state index contributed by atoms with van der Waals surface area (Å²) in [6, 6.07) is 10.0. The van der Waals surface area contributed by atoms with Crippen LogP contribution in [0, 0.1) is 5.82 Å². The lowest BCUT2D eigenvalue weighted by Gasteiger charge is -2.07. The van der Waals surface area contributed by atoms with Gasteiger partial charge in [-0.05, 0) is 71.8 Å². The molecule has 0 fully saturated rings. The van der Waals surface area contributed by atoms with E-state index in [2.05, 4.69) is 36.7 Å². The van der Waals surface area contributed by atoms with Crippen molar-refractivity contribution in [3.63, 3.8) is 0 Å². The highest BCUT2D eigenvalue weighted by atomic mass is 32.1. The van der Waals surface area contributed by atoms with Crippen molar-refractivity contribution in [2.75, 3.05) is 0 Å². The van der Waals surface area contributed by atoms with Crippen LogP contribution in [0.25, 0.3) is 20.9 Å². The third kappa shape index (κ3) is 13.6. The first-order chi connectivity index (χ1) is 20.2. The van der Waals surface area contributed by atoms with Crippen molar-refractivity contribution in [3.8, 4) is 20.9 Å². The molecule has 1 aromatic carbocycles. The topological polar surface area (TPSA) is 0 Å². The predicted octanol–water partition coefficient (Wildman–Crippen LogP) is 14.2. The van der Waals surface area contributed by atoms with E-state index >= 15 is 0 Å². The minimum atomic E-state index is -0.143. The number of thiophene rings is 2. The smallest absolute Gasteiger partial charge is 0.123 e. The van der Waals surface area contributed by atoms with Crippen molar-refractivity contribution in [1.29, 1.82) is 0 Å². The normalized spacial score (nSPS) is 11.5. The van der Waals surface area contributed by atoms with E-state index in [9.17, 15) is 4.39 Å². The average molecular weight is 597 g/mol. The van der Waals surface area contributed by atoms with Crippen molar-refractivity contribution in [2.24, 2.45) is 0 Å². The molecule has 0 unspecified atom stereocenters. The molecule has 3 aromatic rings. The molecule has 0 atom stereocenters. The minimum Gasteiger partial charge on any atom is -0.207 e. The van der Waals surface area contributed by atoms with Crippen molar-refractivity contribution >= 4 is 22.7 Å². The molecule has 0 nitrogen and oxygen atoms in total. The number of hydrogen-bond donors (Lipinski definition) is 0. The Morgan fingerprint density at radius 3 is 1.29 bits per heavy atom. The van der Waals surface area contributed by atoms with Gasteiger partial charge in [-0.2, -0.15) is 0 Å². The molecule has 2 heterocycles. The van der Waals surface area contributed by atoms with Gasteiger partial charge in [-0.1, -0.05) is 135 Å². The second-order valence-electron chi connectivity index (χ2n) is 12.2. The first-order valence-corrected chi connectivity index (χ1v) is 18.9. The Morgan fingerprint density at radius 2 is 0.854 bits per heavy atom. The fourth-order valence-electron chi connectivity index (χ4n) is 5.86. The number of aryl methyl sites for hydroxylation is 2. The summed E-state index contributed by atoms with van der Waals surface area (Å²) in [5.74, 6) is -0.143. The standard InChI is InChI=1S/C38H57FS2/c1-3-5-7-9-11-13-15-17-19-21-23-32-27-37(40-30-32)35-26-25-34(39)29-36(35)38-28-33(31-41-38)24-22-20-18-16-14-12-10-8-6-4-2/h25-31H,3-24H2,1-2H3. The SMILES string of the molecule is CCCCCCCCCCCCc1csc(-c2ccc(F)cc2-c2cc(CCCCCCCCCCCC)cs2)c1. The van der Waals surface area contributed by atoms with Gasteiger partial charge in [-0.3, -0.25) is 0 Å². The van der Waals surface area contributed by atoms with Crippen LogP contribution >= 0.6 is 22.7 Å². The maximum Gasteiger partial charge on any atom is 0.123 e. The summed E-state index contributed by atoms with van der Waals surface area (Å²) in [7, 11) is 0. The summed E-state index contributed by atoms with van der Waals surface area (Å²) < 4.78 is 14.4. The quantitative estimate of drug-likeness (QED) is 0.0902. The molecular weight excluding hydrogens is 540 g/mol. The van der Waals surface area contributed by atoms with Gasteiger partial charge in [0.25, 0.3) is 0 Å². The fourth-order valence-corrected chi connectivity index (χ4v) is 7.83. The molecule has 3 heteroatoms. The van der Waals surface area contributed by atoms with Gasteiger partial charge in [0.2, 0.25) is 0 Å². The van der Waals surface area contributed by atoms with Crippen molar-refractivity contribution in [1.82, 2.24) is 0 Å². The van der Waals surface area contributed by atoms with Gasteiger partial charge in [0.1, 0.15) is 5.82 Å². The number of unbranched alkanes of at least 4 members (excludes halogenated alkanes) is 18. The molecule has 0 aliphatic carbocycles. The zero-order valence-corrected chi connectivity index (χ0v) is 27.9. The van der Waals surface area contributed by atoms with Gasteiger partial charge in [-0.25, -0.2) is 4.39 Å². The van der Waals surface area contributed by atoms with E-state index in [-0.39, 0.29) is 5.82 Å². The van der Waals surface area contributed by atoms with Gasteiger partial charge >= 0.3 is 0 Å². The highest BCUT2D eigenvalue weighted by Gasteiger charge is 2.13. The van der Waals surface area contributed by atoms with E-state index in [1.807, 2.05) is 17.4 Å². The molecule has 0 amide bonds. The molecule has 0 saturated heterocycles. The molecule has 41 heavy (non-hydrogen) atoms. The summed E-state index contributed by atoms with van der Waals surface area (Å²) in [6.45, 7) is 4.57. The Kier molecular flexibility index (Phi) is 17.7. The summed E-state index contributed by atoms with van der Waals surface area (Å²) >= 11 is 3.59. The maximum atomic E-state index is 14.4. The summed E-state index contributed by atoms with van der Waals surface area (Å²) in [5.41, 5.74) is 5.08. The van der Waals surface area contributed by atoms with Gasteiger partial charge in [0.15, 0.2) is 0 Å². The van der Waals surface area contributed by atoms with Crippen molar-refractivity contribution < 1.29 is 4.39 Å².